The Bertz CT molecular complexity index is 1200. The normalized spacial score (nSPS) is 12.5. The molecular weight excluding hydrogens is 330 g/mol. The molecule has 3 heteroatoms. The molecule has 0 radical (unpaired) electrons. The quantitative estimate of drug-likeness (QED) is 0.424. The molecule has 3 nitrogen and oxygen atoms in total. The van der Waals surface area contributed by atoms with E-state index in [0.717, 1.165) is 17.0 Å². The fraction of sp³-hybridized carbons (Fsp3) is 0.0833. The number of hydrogen-bond acceptors (Lipinski definition) is 2. The number of allylic oxidation sites excluding steroid dienone is 4. The Morgan fingerprint density at radius 1 is 0.852 bits per heavy atom. The van der Waals surface area contributed by atoms with Gasteiger partial charge in [-0.15, -0.1) is 0 Å². The highest BCUT2D eigenvalue weighted by atomic mass is 15.0. The van der Waals surface area contributed by atoms with E-state index in [1.54, 1.807) is 6.07 Å². The number of hydrogen-bond donors (Lipinski definition) is 0. The number of para-hydroxylation sites is 2. The highest BCUT2D eigenvalue weighted by Crippen LogP contribution is 2.31. The lowest BCUT2D eigenvalue weighted by Gasteiger charge is -2.07. The van der Waals surface area contributed by atoms with Crippen molar-refractivity contribution in [3.8, 4) is 6.07 Å². The predicted molar refractivity (Wildman–Crippen MR) is 112 cm³/mol. The van der Waals surface area contributed by atoms with Gasteiger partial charge >= 0.3 is 0 Å². The van der Waals surface area contributed by atoms with E-state index < -0.39 is 0 Å². The van der Waals surface area contributed by atoms with Crippen molar-refractivity contribution in [1.82, 2.24) is 9.55 Å². The molecule has 0 atom stereocenters. The summed E-state index contributed by atoms with van der Waals surface area (Å²) in [4.78, 5) is 4.37. The van der Waals surface area contributed by atoms with Crippen LogP contribution in [0.4, 0.5) is 0 Å². The molecule has 130 valence electrons. The first-order chi connectivity index (χ1) is 13.2. The van der Waals surface area contributed by atoms with Crippen LogP contribution in [0.15, 0.2) is 78.9 Å². The second-order valence-electron chi connectivity index (χ2n) is 6.55. The Balaban J connectivity index is 1.82. The van der Waals surface area contributed by atoms with Crippen molar-refractivity contribution in [2.24, 2.45) is 0 Å². The van der Waals surface area contributed by atoms with Crippen molar-refractivity contribution in [3.05, 3.63) is 90.3 Å². The molecule has 0 saturated carbocycles. The second-order valence-corrected chi connectivity index (χ2v) is 6.55. The molecule has 4 aromatic rings. The van der Waals surface area contributed by atoms with E-state index >= 15 is 0 Å². The first-order valence-electron chi connectivity index (χ1n) is 8.90. The lowest BCUT2D eigenvalue weighted by atomic mass is 10.1. The SMILES string of the molecule is C/C(=C\C=C(/C)n1c2ccccc2c2ccccc21)c1cccc(C#N)n1. The third-order valence-corrected chi connectivity index (χ3v) is 4.77. The van der Waals surface area contributed by atoms with Crippen LogP contribution in [0.3, 0.4) is 0 Å². The van der Waals surface area contributed by atoms with E-state index in [2.05, 4.69) is 83.2 Å². The summed E-state index contributed by atoms with van der Waals surface area (Å²) in [5, 5.41) is 11.6. The van der Waals surface area contributed by atoms with Gasteiger partial charge in [0.05, 0.1) is 16.7 Å². The highest BCUT2D eigenvalue weighted by Gasteiger charge is 2.10. The Morgan fingerprint density at radius 3 is 2.11 bits per heavy atom. The van der Waals surface area contributed by atoms with E-state index in [9.17, 15) is 0 Å². The lowest BCUT2D eigenvalue weighted by molar-refractivity contribution is 1.20. The van der Waals surface area contributed by atoms with Gasteiger partial charge in [0.2, 0.25) is 0 Å². The average molecular weight is 349 g/mol. The molecule has 0 aliphatic rings. The molecular formula is C24H19N3. The Kier molecular flexibility index (Phi) is 4.32. The maximum atomic E-state index is 9.04. The van der Waals surface area contributed by atoms with Gasteiger partial charge in [-0.3, -0.25) is 0 Å². The Labute approximate surface area is 158 Å². The number of pyridine rings is 1. The monoisotopic (exact) mass is 349 g/mol. The van der Waals surface area contributed by atoms with E-state index in [4.69, 9.17) is 5.26 Å². The van der Waals surface area contributed by atoms with Gasteiger partial charge in [-0.1, -0.05) is 48.5 Å². The van der Waals surface area contributed by atoms with Crippen LogP contribution in [0.25, 0.3) is 33.1 Å². The molecule has 0 aliphatic carbocycles. The van der Waals surface area contributed by atoms with Gasteiger partial charge in [-0.25, -0.2) is 4.98 Å². The summed E-state index contributed by atoms with van der Waals surface area (Å²) in [6.45, 7) is 4.13. The first-order valence-corrected chi connectivity index (χ1v) is 8.90. The number of nitriles is 1. The zero-order valence-corrected chi connectivity index (χ0v) is 15.3. The Morgan fingerprint density at radius 2 is 1.48 bits per heavy atom. The van der Waals surface area contributed by atoms with Crippen LogP contribution in [0.2, 0.25) is 0 Å². The molecule has 2 aromatic heterocycles. The van der Waals surface area contributed by atoms with Gasteiger partial charge in [0.25, 0.3) is 0 Å². The number of benzene rings is 2. The smallest absolute Gasteiger partial charge is 0.141 e. The minimum Gasteiger partial charge on any atom is -0.313 e. The molecule has 0 spiro atoms. The van der Waals surface area contributed by atoms with Crippen molar-refractivity contribution in [2.75, 3.05) is 0 Å². The average Bonchev–Trinajstić information content (AvgIpc) is 3.06. The molecule has 2 heterocycles. The van der Waals surface area contributed by atoms with Crippen molar-refractivity contribution in [2.45, 2.75) is 13.8 Å². The standard InChI is InChI=1S/C24H19N3/c1-17(22-11-7-8-19(16-25)26-22)14-15-18(2)27-23-12-5-3-9-20(23)21-10-4-6-13-24(21)27/h3-15H,1-2H3/b17-14+,18-15+. The minimum absolute atomic E-state index is 0.434. The summed E-state index contributed by atoms with van der Waals surface area (Å²) < 4.78 is 2.29. The van der Waals surface area contributed by atoms with Crippen molar-refractivity contribution in [3.63, 3.8) is 0 Å². The van der Waals surface area contributed by atoms with Crippen LogP contribution in [0.1, 0.15) is 25.2 Å². The number of aromatic nitrogens is 2. The van der Waals surface area contributed by atoms with Gasteiger partial charge in [-0.2, -0.15) is 5.26 Å². The molecule has 0 fully saturated rings. The van der Waals surface area contributed by atoms with Crippen LogP contribution >= 0.6 is 0 Å². The third kappa shape index (κ3) is 3.02. The molecule has 0 aliphatic heterocycles. The number of rotatable bonds is 3. The minimum atomic E-state index is 0.434. The van der Waals surface area contributed by atoms with Crippen molar-refractivity contribution >= 4 is 33.1 Å². The fourth-order valence-electron chi connectivity index (χ4n) is 3.42. The van der Waals surface area contributed by atoms with Crippen LogP contribution in [0, 0.1) is 11.3 Å². The van der Waals surface area contributed by atoms with E-state index in [1.165, 1.54) is 21.8 Å². The fourth-order valence-corrected chi connectivity index (χ4v) is 3.42. The molecule has 0 N–H and O–H groups in total. The van der Waals surface area contributed by atoms with Crippen LogP contribution in [-0.4, -0.2) is 9.55 Å². The topological polar surface area (TPSA) is 41.6 Å². The summed E-state index contributed by atoms with van der Waals surface area (Å²) in [6.07, 6.45) is 4.16. The van der Waals surface area contributed by atoms with E-state index in [0.29, 0.717) is 5.69 Å². The van der Waals surface area contributed by atoms with Gasteiger partial charge in [0.1, 0.15) is 11.8 Å². The van der Waals surface area contributed by atoms with E-state index in [1.807, 2.05) is 19.1 Å². The van der Waals surface area contributed by atoms with Crippen LogP contribution < -0.4 is 0 Å². The summed E-state index contributed by atoms with van der Waals surface area (Å²) in [7, 11) is 0. The van der Waals surface area contributed by atoms with Crippen LogP contribution in [0.5, 0.6) is 0 Å². The predicted octanol–water partition coefficient (Wildman–Crippen LogP) is 6.03. The third-order valence-electron chi connectivity index (χ3n) is 4.77. The van der Waals surface area contributed by atoms with Crippen LogP contribution in [-0.2, 0) is 0 Å². The van der Waals surface area contributed by atoms with Gasteiger partial charge in [0.15, 0.2) is 0 Å². The lowest BCUT2D eigenvalue weighted by Crippen LogP contribution is -1.93. The highest BCUT2D eigenvalue weighted by molar-refractivity contribution is 6.09. The molecule has 0 saturated heterocycles. The zero-order chi connectivity index (χ0) is 18.8. The largest absolute Gasteiger partial charge is 0.313 e. The molecule has 0 bridgehead atoms. The maximum Gasteiger partial charge on any atom is 0.141 e. The summed E-state index contributed by atoms with van der Waals surface area (Å²) in [5.41, 5.74) is 5.80. The summed E-state index contributed by atoms with van der Waals surface area (Å²) in [6, 6.07) is 24.5. The summed E-state index contributed by atoms with van der Waals surface area (Å²) >= 11 is 0. The second kappa shape index (κ2) is 6.93. The van der Waals surface area contributed by atoms with Gasteiger partial charge in [0, 0.05) is 16.5 Å². The van der Waals surface area contributed by atoms with Gasteiger partial charge in [-0.05, 0) is 49.8 Å². The van der Waals surface area contributed by atoms with Gasteiger partial charge < -0.3 is 4.57 Å². The maximum absolute atomic E-state index is 9.04. The molecule has 4 rings (SSSR count). The number of nitrogens with zero attached hydrogens (tertiary/aromatic N) is 3. The molecule has 2 aromatic carbocycles. The molecule has 27 heavy (non-hydrogen) atoms. The van der Waals surface area contributed by atoms with Crippen molar-refractivity contribution in [1.29, 1.82) is 5.26 Å². The Hall–Kier alpha value is -3.64. The zero-order valence-electron chi connectivity index (χ0n) is 15.3. The number of fused-ring (bicyclic) bond motifs is 3. The molecule has 0 unspecified atom stereocenters. The molecule has 0 amide bonds. The summed E-state index contributed by atoms with van der Waals surface area (Å²) in [5.74, 6) is 0. The first kappa shape index (κ1) is 16.8. The van der Waals surface area contributed by atoms with Crippen molar-refractivity contribution < 1.29 is 0 Å². The van der Waals surface area contributed by atoms with E-state index in [-0.39, 0.29) is 0 Å².